The molecule has 0 aromatic heterocycles. The van der Waals surface area contributed by atoms with Crippen LogP contribution in [0.3, 0.4) is 0 Å². The Morgan fingerprint density at radius 2 is 1.89 bits per heavy atom. The van der Waals surface area contributed by atoms with Gasteiger partial charge in [0.1, 0.15) is 0 Å². The molecule has 0 radical (unpaired) electrons. The number of nitrogens with zero attached hydrogens (tertiary/aromatic N) is 1. The normalized spacial score (nSPS) is 23.7. The van der Waals surface area contributed by atoms with Gasteiger partial charge in [-0.3, -0.25) is 4.79 Å². The first-order valence-corrected chi connectivity index (χ1v) is 7.84. The molecule has 1 saturated carbocycles. The third-order valence-electron chi connectivity index (χ3n) is 4.67. The summed E-state index contributed by atoms with van der Waals surface area (Å²) in [4.78, 5) is 13.9. The number of carbonyl (C=O) groups excluding carboxylic acids is 1. The first kappa shape index (κ1) is 14.8. The van der Waals surface area contributed by atoms with Gasteiger partial charge >= 0.3 is 0 Å². The van der Waals surface area contributed by atoms with Gasteiger partial charge < -0.3 is 16.0 Å². The van der Waals surface area contributed by atoms with Crippen molar-refractivity contribution in [1.82, 2.24) is 10.2 Å². The number of hydrogen-bond donors (Lipinski definition) is 2. The van der Waals surface area contributed by atoms with Crippen LogP contribution in [-0.2, 0) is 4.79 Å². The lowest BCUT2D eigenvalue weighted by Gasteiger charge is -2.34. The molecule has 0 aromatic carbocycles. The molecule has 1 amide bonds. The molecule has 0 bridgehead atoms. The van der Waals surface area contributed by atoms with E-state index >= 15 is 0 Å². The van der Waals surface area contributed by atoms with E-state index in [1.165, 1.54) is 38.8 Å². The molecular formula is C15H29N3O. The molecule has 3 N–H and O–H groups in total. The molecule has 0 aromatic rings. The number of piperidine rings is 1. The van der Waals surface area contributed by atoms with Crippen LogP contribution in [0.1, 0.15) is 46.0 Å². The topological polar surface area (TPSA) is 58.4 Å². The van der Waals surface area contributed by atoms with E-state index in [1.807, 2.05) is 0 Å². The SMILES string of the molecule is CC(C)C1CCN(CCC(NC2CC2)C(N)=O)CC1. The lowest BCUT2D eigenvalue weighted by atomic mass is 9.86. The van der Waals surface area contributed by atoms with Crippen LogP contribution in [0.2, 0.25) is 0 Å². The van der Waals surface area contributed by atoms with Crippen molar-refractivity contribution in [3.8, 4) is 0 Å². The van der Waals surface area contributed by atoms with Crippen LogP contribution in [0.25, 0.3) is 0 Å². The Kier molecular flexibility index (Phi) is 5.22. The molecule has 1 aliphatic carbocycles. The Hall–Kier alpha value is -0.610. The van der Waals surface area contributed by atoms with Crippen LogP contribution in [0.4, 0.5) is 0 Å². The second kappa shape index (κ2) is 6.71. The number of amides is 1. The average Bonchev–Trinajstić information content (AvgIpc) is 3.18. The molecule has 1 atom stereocenters. The highest BCUT2D eigenvalue weighted by Gasteiger charge is 2.28. The average molecular weight is 267 g/mol. The van der Waals surface area contributed by atoms with Gasteiger partial charge in [0.15, 0.2) is 0 Å². The monoisotopic (exact) mass is 267 g/mol. The zero-order valence-corrected chi connectivity index (χ0v) is 12.4. The Balaban J connectivity index is 1.68. The number of likely N-dealkylation sites (tertiary alicyclic amines) is 1. The van der Waals surface area contributed by atoms with Crippen LogP contribution in [0.15, 0.2) is 0 Å². The first-order chi connectivity index (χ1) is 9.06. The summed E-state index contributed by atoms with van der Waals surface area (Å²) in [5.74, 6) is 1.49. The summed E-state index contributed by atoms with van der Waals surface area (Å²) < 4.78 is 0. The van der Waals surface area contributed by atoms with Crippen LogP contribution < -0.4 is 11.1 Å². The summed E-state index contributed by atoms with van der Waals surface area (Å²) in [6.07, 6.45) is 5.86. The van der Waals surface area contributed by atoms with Crippen molar-refractivity contribution in [2.24, 2.45) is 17.6 Å². The number of nitrogens with two attached hydrogens (primary N) is 1. The second-order valence-corrected chi connectivity index (χ2v) is 6.61. The highest BCUT2D eigenvalue weighted by atomic mass is 16.1. The van der Waals surface area contributed by atoms with Crippen LogP contribution in [-0.4, -0.2) is 42.5 Å². The number of carbonyl (C=O) groups is 1. The quantitative estimate of drug-likeness (QED) is 0.732. The van der Waals surface area contributed by atoms with Gasteiger partial charge in [-0.1, -0.05) is 13.8 Å². The highest BCUT2D eigenvalue weighted by molar-refractivity contribution is 5.79. The van der Waals surface area contributed by atoms with E-state index in [2.05, 4.69) is 24.1 Å². The number of hydrogen-bond acceptors (Lipinski definition) is 3. The van der Waals surface area contributed by atoms with Crippen molar-refractivity contribution < 1.29 is 4.79 Å². The minimum absolute atomic E-state index is 0.129. The van der Waals surface area contributed by atoms with Gasteiger partial charge in [0.05, 0.1) is 6.04 Å². The summed E-state index contributed by atoms with van der Waals surface area (Å²) in [5, 5.41) is 3.36. The van der Waals surface area contributed by atoms with E-state index < -0.39 is 0 Å². The fraction of sp³-hybridized carbons (Fsp3) is 0.933. The van der Waals surface area contributed by atoms with E-state index in [9.17, 15) is 4.79 Å². The van der Waals surface area contributed by atoms with Crippen LogP contribution in [0.5, 0.6) is 0 Å². The van der Waals surface area contributed by atoms with Gasteiger partial charge in [-0.15, -0.1) is 0 Å². The summed E-state index contributed by atoms with van der Waals surface area (Å²) >= 11 is 0. The molecule has 110 valence electrons. The predicted octanol–water partition coefficient (Wildman–Crippen LogP) is 1.35. The third-order valence-corrected chi connectivity index (χ3v) is 4.67. The predicted molar refractivity (Wildman–Crippen MR) is 77.8 cm³/mol. The number of nitrogens with one attached hydrogen (secondary N) is 1. The maximum Gasteiger partial charge on any atom is 0.234 e. The first-order valence-electron chi connectivity index (χ1n) is 7.84. The highest BCUT2D eigenvalue weighted by Crippen LogP contribution is 2.24. The molecule has 19 heavy (non-hydrogen) atoms. The Morgan fingerprint density at radius 3 is 2.37 bits per heavy atom. The Bertz CT molecular complexity index is 294. The van der Waals surface area contributed by atoms with Crippen LogP contribution >= 0.6 is 0 Å². The largest absolute Gasteiger partial charge is 0.368 e. The van der Waals surface area contributed by atoms with Crippen molar-refractivity contribution in [3.05, 3.63) is 0 Å². The van der Waals surface area contributed by atoms with Gasteiger partial charge in [0, 0.05) is 12.6 Å². The van der Waals surface area contributed by atoms with Crippen molar-refractivity contribution in [2.45, 2.75) is 58.0 Å². The summed E-state index contributed by atoms with van der Waals surface area (Å²) in [7, 11) is 0. The Morgan fingerprint density at radius 1 is 1.26 bits per heavy atom. The zero-order chi connectivity index (χ0) is 13.8. The van der Waals surface area contributed by atoms with E-state index in [0.29, 0.717) is 6.04 Å². The van der Waals surface area contributed by atoms with E-state index in [4.69, 9.17) is 5.73 Å². The van der Waals surface area contributed by atoms with Gasteiger partial charge in [-0.2, -0.15) is 0 Å². The summed E-state index contributed by atoms with van der Waals surface area (Å²) in [6, 6.07) is 0.416. The van der Waals surface area contributed by atoms with Crippen molar-refractivity contribution in [1.29, 1.82) is 0 Å². The summed E-state index contributed by atoms with van der Waals surface area (Å²) in [5.41, 5.74) is 5.47. The standard InChI is InChI=1S/C15H29N3O/c1-11(2)12-5-8-18(9-6-12)10-7-14(15(16)19)17-13-3-4-13/h11-14,17H,3-10H2,1-2H3,(H2,16,19). The molecule has 1 heterocycles. The van der Waals surface area contributed by atoms with Gasteiger partial charge in [0.25, 0.3) is 0 Å². The molecule has 1 saturated heterocycles. The number of primary amides is 1. The second-order valence-electron chi connectivity index (χ2n) is 6.61. The lowest BCUT2D eigenvalue weighted by molar-refractivity contribution is -0.120. The van der Waals surface area contributed by atoms with Crippen LogP contribution in [0, 0.1) is 11.8 Å². The van der Waals surface area contributed by atoms with E-state index in [-0.39, 0.29) is 11.9 Å². The van der Waals surface area contributed by atoms with Crippen molar-refractivity contribution in [2.75, 3.05) is 19.6 Å². The van der Waals surface area contributed by atoms with Gasteiger partial charge in [-0.25, -0.2) is 0 Å². The molecule has 1 aliphatic heterocycles. The van der Waals surface area contributed by atoms with Crippen molar-refractivity contribution >= 4 is 5.91 Å². The fourth-order valence-corrected chi connectivity index (χ4v) is 3.00. The molecule has 4 heteroatoms. The maximum atomic E-state index is 11.4. The van der Waals surface area contributed by atoms with Crippen molar-refractivity contribution in [3.63, 3.8) is 0 Å². The number of rotatable bonds is 7. The molecule has 1 unspecified atom stereocenters. The molecule has 2 aliphatic rings. The van der Waals surface area contributed by atoms with E-state index in [1.54, 1.807) is 0 Å². The molecule has 2 rings (SSSR count). The Labute approximate surface area is 117 Å². The molecule has 4 nitrogen and oxygen atoms in total. The third kappa shape index (κ3) is 4.77. The molecule has 0 spiro atoms. The fourth-order valence-electron chi connectivity index (χ4n) is 3.00. The maximum absolute atomic E-state index is 11.4. The van der Waals surface area contributed by atoms with Gasteiger partial charge in [0.2, 0.25) is 5.91 Å². The summed E-state index contributed by atoms with van der Waals surface area (Å²) in [6.45, 7) is 8.00. The molecule has 2 fully saturated rings. The smallest absolute Gasteiger partial charge is 0.234 e. The van der Waals surface area contributed by atoms with E-state index in [0.717, 1.165) is 24.8 Å². The zero-order valence-electron chi connectivity index (χ0n) is 12.4. The minimum atomic E-state index is -0.191. The minimum Gasteiger partial charge on any atom is -0.368 e. The molecular weight excluding hydrogens is 238 g/mol. The van der Waals surface area contributed by atoms with Gasteiger partial charge in [-0.05, 0) is 57.0 Å². The lowest BCUT2D eigenvalue weighted by Crippen LogP contribution is -2.45.